The summed E-state index contributed by atoms with van der Waals surface area (Å²) in [6.45, 7) is 0. The first kappa shape index (κ1) is 20.7. The zero-order valence-electron chi connectivity index (χ0n) is 15.0. The van der Waals surface area contributed by atoms with Crippen LogP contribution in [-0.2, 0) is 20.9 Å². The van der Waals surface area contributed by atoms with Crippen molar-refractivity contribution in [2.24, 2.45) is 5.14 Å². The van der Waals surface area contributed by atoms with Crippen molar-refractivity contribution >= 4 is 32.7 Å². The highest BCUT2D eigenvalue weighted by atomic mass is 32.2. The summed E-state index contributed by atoms with van der Waals surface area (Å²) in [6, 6.07) is 20.0. The Balaban J connectivity index is 1.96. The predicted molar refractivity (Wildman–Crippen MR) is 111 cm³/mol. The molecular weight excluding hydrogens is 415 g/mol. The minimum Gasteiger partial charge on any atom is -0.243 e. The Bertz CT molecular complexity index is 1220. The molecule has 3 aromatic rings. The molecule has 150 valence electrons. The van der Waals surface area contributed by atoms with Crippen molar-refractivity contribution in [1.29, 1.82) is 0 Å². The van der Waals surface area contributed by atoms with Crippen LogP contribution in [0.3, 0.4) is 0 Å². The standard InChI is InChI=1S/C20H17FN2O4S2/c21-18-7-4-8-19(29(22,26)27)20(18)23(28(24)25)14-13-15-9-11-17(12-10-15)16-5-2-1-3-6-16/h1-14,28H,(H2,22,26,27). The normalized spacial score (nSPS) is 11.8. The third-order valence-corrected chi connectivity index (χ3v) is 5.71. The highest BCUT2D eigenvalue weighted by Crippen LogP contribution is 2.28. The van der Waals surface area contributed by atoms with Gasteiger partial charge in [-0.1, -0.05) is 60.7 Å². The molecule has 0 saturated carbocycles. The molecule has 3 rings (SSSR count). The number of para-hydroxylation sites is 1. The molecule has 0 heterocycles. The Morgan fingerprint density at radius 3 is 2.07 bits per heavy atom. The number of hydrogen-bond acceptors (Lipinski definition) is 4. The molecule has 29 heavy (non-hydrogen) atoms. The van der Waals surface area contributed by atoms with Crippen LogP contribution in [0.4, 0.5) is 10.1 Å². The van der Waals surface area contributed by atoms with Crippen LogP contribution in [0, 0.1) is 5.82 Å². The third-order valence-electron chi connectivity index (χ3n) is 4.09. The van der Waals surface area contributed by atoms with Gasteiger partial charge >= 0.3 is 0 Å². The maximum absolute atomic E-state index is 14.3. The van der Waals surface area contributed by atoms with Crippen LogP contribution in [0.25, 0.3) is 17.2 Å². The second-order valence-electron chi connectivity index (χ2n) is 6.02. The molecule has 6 nitrogen and oxygen atoms in total. The van der Waals surface area contributed by atoms with E-state index >= 15 is 0 Å². The van der Waals surface area contributed by atoms with Gasteiger partial charge in [0, 0.05) is 6.20 Å². The fourth-order valence-electron chi connectivity index (χ4n) is 2.73. The minimum atomic E-state index is -4.34. The summed E-state index contributed by atoms with van der Waals surface area (Å²) < 4.78 is 61.7. The van der Waals surface area contributed by atoms with Crippen LogP contribution >= 0.6 is 0 Å². The van der Waals surface area contributed by atoms with Crippen molar-refractivity contribution in [3.8, 4) is 11.1 Å². The molecule has 0 saturated heterocycles. The fourth-order valence-corrected chi connectivity index (χ4v) is 4.08. The highest BCUT2D eigenvalue weighted by molar-refractivity contribution is 7.89. The number of nitrogens with two attached hydrogens (primary N) is 1. The van der Waals surface area contributed by atoms with Gasteiger partial charge in [0.05, 0.1) is 0 Å². The number of halogens is 1. The zero-order valence-corrected chi connectivity index (χ0v) is 16.7. The Hall–Kier alpha value is -3.01. The van der Waals surface area contributed by atoms with Crippen molar-refractivity contribution < 1.29 is 21.2 Å². The number of hydrogen-bond donors (Lipinski definition) is 2. The summed E-state index contributed by atoms with van der Waals surface area (Å²) in [4.78, 5) is -0.624. The first-order valence-corrected chi connectivity index (χ1v) is 11.0. The van der Waals surface area contributed by atoms with Gasteiger partial charge in [0.1, 0.15) is 16.4 Å². The Labute approximate surface area is 169 Å². The van der Waals surface area contributed by atoms with Crippen molar-refractivity contribution in [1.82, 2.24) is 0 Å². The lowest BCUT2D eigenvalue weighted by Crippen LogP contribution is -2.21. The van der Waals surface area contributed by atoms with E-state index in [0.717, 1.165) is 35.5 Å². The lowest BCUT2D eigenvalue weighted by Gasteiger charge is -2.17. The predicted octanol–water partition coefficient (Wildman–Crippen LogP) is 3.14. The van der Waals surface area contributed by atoms with Crippen LogP contribution in [0.2, 0.25) is 0 Å². The van der Waals surface area contributed by atoms with Gasteiger partial charge in [-0.25, -0.2) is 30.7 Å². The monoisotopic (exact) mass is 432 g/mol. The second-order valence-corrected chi connectivity index (χ2v) is 8.45. The largest absolute Gasteiger partial charge is 0.243 e. The molecule has 0 amide bonds. The van der Waals surface area contributed by atoms with Gasteiger partial charge in [-0.05, 0) is 34.9 Å². The second kappa shape index (κ2) is 8.56. The molecule has 0 atom stereocenters. The maximum atomic E-state index is 14.3. The molecule has 0 spiro atoms. The van der Waals surface area contributed by atoms with Crippen molar-refractivity contribution in [2.75, 3.05) is 4.31 Å². The van der Waals surface area contributed by atoms with Crippen molar-refractivity contribution in [2.45, 2.75) is 4.90 Å². The molecule has 0 fully saturated rings. The summed E-state index contributed by atoms with van der Waals surface area (Å²) in [7, 11) is -7.71. The van der Waals surface area contributed by atoms with Gasteiger partial charge in [-0.2, -0.15) is 0 Å². The number of nitrogens with zero attached hydrogens (tertiary/aromatic N) is 1. The molecule has 0 radical (unpaired) electrons. The smallest absolute Gasteiger partial charge is 0.240 e. The van der Waals surface area contributed by atoms with Crippen LogP contribution < -0.4 is 9.44 Å². The molecule has 0 unspecified atom stereocenters. The molecule has 0 aromatic heterocycles. The lowest BCUT2D eigenvalue weighted by atomic mass is 10.0. The van der Waals surface area contributed by atoms with Gasteiger partial charge in [-0.3, -0.25) is 0 Å². The van der Waals surface area contributed by atoms with E-state index in [1.54, 1.807) is 12.1 Å². The molecule has 3 aromatic carbocycles. The van der Waals surface area contributed by atoms with Gasteiger partial charge in [0.25, 0.3) is 0 Å². The van der Waals surface area contributed by atoms with Crippen LogP contribution in [-0.4, -0.2) is 16.8 Å². The zero-order chi connectivity index (χ0) is 21.0. The van der Waals surface area contributed by atoms with E-state index in [1.807, 2.05) is 42.5 Å². The summed E-state index contributed by atoms with van der Waals surface area (Å²) >= 11 is 0. The SMILES string of the molecule is NS(=O)(=O)c1cccc(F)c1N(C=Cc1ccc(-c2ccccc2)cc1)[SH](=O)=O. The van der Waals surface area contributed by atoms with E-state index in [0.29, 0.717) is 9.87 Å². The first-order valence-electron chi connectivity index (χ1n) is 8.36. The first-order chi connectivity index (χ1) is 13.8. The third kappa shape index (κ3) is 4.89. The van der Waals surface area contributed by atoms with E-state index < -0.39 is 37.3 Å². The van der Waals surface area contributed by atoms with Crippen molar-refractivity contribution in [3.05, 3.63) is 90.4 Å². The average Bonchev–Trinajstić information content (AvgIpc) is 2.69. The summed E-state index contributed by atoms with van der Waals surface area (Å²) in [5, 5.41) is 5.10. The minimum absolute atomic E-state index is 0.523. The Morgan fingerprint density at radius 2 is 1.48 bits per heavy atom. The molecule has 9 heteroatoms. The Kier molecular flexibility index (Phi) is 6.12. The molecule has 0 aliphatic heterocycles. The molecule has 0 bridgehead atoms. The van der Waals surface area contributed by atoms with Gasteiger partial charge < -0.3 is 0 Å². The van der Waals surface area contributed by atoms with Crippen LogP contribution in [0.1, 0.15) is 5.56 Å². The van der Waals surface area contributed by atoms with E-state index in [-0.39, 0.29) is 0 Å². The summed E-state index contributed by atoms with van der Waals surface area (Å²) in [5.41, 5.74) is 1.99. The maximum Gasteiger partial charge on any atom is 0.240 e. The van der Waals surface area contributed by atoms with Crippen LogP contribution in [0.5, 0.6) is 0 Å². The lowest BCUT2D eigenvalue weighted by molar-refractivity contribution is 0.592. The number of rotatable bonds is 6. The Morgan fingerprint density at radius 1 is 0.862 bits per heavy atom. The number of thiol groups is 1. The van der Waals surface area contributed by atoms with E-state index in [1.165, 1.54) is 6.08 Å². The molecule has 2 N–H and O–H groups in total. The average molecular weight is 432 g/mol. The number of sulfonamides is 1. The summed E-state index contributed by atoms with van der Waals surface area (Å²) in [6.07, 6.45) is 2.51. The van der Waals surface area contributed by atoms with E-state index in [9.17, 15) is 21.2 Å². The fraction of sp³-hybridized carbons (Fsp3) is 0. The summed E-state index contributed by atoms with van der Waals surface area (Å²) in [5.74, 6) is -1.03. The van der Waals surface area contributed by atoms with E-state index in [2.05, 4.69) is 0 Å². The number of primary sulfonamides is 1. The van der Waals surface area contributed by atoms with Crippen LogP contribution in [0.15, 0.2) is 83.9 Å². The number of benzene rings is 3. The molecule has 0 aliphatic carbocycles. The quantitative estimate of drug-likeness (QED) is 0.585. The van der Waals surface area contributed by atoms with E-state index in [4.69, 9.17) is 5.14 Å². The highest BCUT2D eigenvalue weighted by Gasteiger charge is 2.22. The van der Waals surface area contributed by atoms with Gasteiger partial charge in [0.2, 0.25) is 20.9 Å². The van der Waals surface area contributed by atoms with Gasteiger partial charge in [0.15, 0.2) is 0 Å². The number of anilines is 1. The molecular formula is C20H17FN2O4S2. The topological polar surface area (TPSA) is 97.5 Å². The van der Waals surface area contributed by atoms with Gasteiger partial charge in [-0.15, -0.1) is 0 Å². The van der Waals surface area contributed by atoms with Crippen molar-refractivity contribution in [3.63, 3.8) is 0 Å². The molecule has 0 aliphatic rings.